The Bertz CT molecular complexity index is 717. The fourth-order valence-corrected chi connectivity index (χ4v) is 2.75. The zero-order valence-electron chi connectivity index (χ0n) is 13.4. The van der Waals surface area contributed by atoms with Gasteiger partial charge in [0.2, 0.25) is 5.91 Å². The molecule has 1 aromatic heterocycles. The number of hydrogen-bond acceptors (Lipinski definition) is 2. The molecule has 114 valence electrons. The van der Waals surface area contributed by atoms with Crippen molar-refractivity contribution < 1.29 is 4.79 Å². The fourth-order valence-electron chi connectivity index (χ4n) is 2.75. The normalized spacial score (nSPS) is 11.0. The molecular formula is C19H22N2O. The Morgan fingerprint density at radius 3 is 2.41 bits per heavy atom. The highest BCUT2D eigenvalue weighted by atomic mass is 16.1. The van der Waals surface area contributed by atoms with Gasteiger partial charge in [0.05, 0.1) is 5.69 Å². The number of benzene rings is 1. The highest BCUT2D eigenvalue weighted by Gasteiger charge is 2.12. The van der Waals surface area contributed by atoms with Crippen molar-refractivity contribution in [2.45, 2.75) is 33.6 Å². The summed E-state index contributed by atoms with van der Waals surface area (Å²) < 4.78 is 0. The topological polar surface area (TPSA) is 56.0 Å². The van der Waals surface area contributed by atoms with Crippen molar-refractivity contribution in [3.8, 4) is 0 Å². The zero-order chi connectivity index (χ0) is 16.1. The molecule has 0 aliphatic carbocycles. The molecule has 2 N–H and O–H groups in total. The molecule has 3 nitrogen and oxygen atoms in total. The van der Waals surface area contributed by atoms with E-state index < -0.39 is 0 Å². The third-order valence-corrected chi connectivity index (χ3v) is 3.78. The summed E-state index contributed by atoms with van der Waals surface area (Å²) in [5.41, 5.74) is 11.4. The van der Waals surface area contributed by atoms with Crippen LogP contribution in [0.5, 0.6) is 0 Å². The molecule has 1 amide bonds. The first-order chi connectivity index (χ1) is 10.6. The van der Waals surface area contributed by atoms with Crippen LogP contribution in [-0.2, 0) is 12.8 Å². The first-order valence-corrected chi connectivity index (χ1v) is 7.63. The van der Waals surface area contributed by atoms with Gasteiger partial charge in [0.25, 0.3) is 0 Å². The van der Waals surface area contributed by atoms with Gasteiger partial charge in [0.1, 0.15) is 0 Å². The third-order valence-electron chi connectivity index (χ3n) is 3.78. The van der Waals surface area contributed by atoms with E-state index in [2.05, 4.69) is 24.9 Å². The Morgan fingerprint density at radius 2 is 1.82 bits per heavy atom. The molecule has 0 spiro atoms. The first-order valence-electron chi connectivity index (χ1n) is 7.63. The van der Waals surface area contributed by atoms with E-state index >= 15 is 0 Å². The molecule has 0 saturated heterocycles. The van der Waals surface area contributed by atoms with Gasteiger partial charge in [0, 0.05) is 11.3 Å². The second kappa shape index (κ2) is 7.03. The number of nitrogens with two attached hydrogens (primary N) is 1. The molecule has 2 rings (SSSR count). The highest BCUT2D eigenvalue weighted by molar-refractivity contribution is 5.95. The van der Waals surface area contributed by atoms with E-state index in [1.807, 2.05) is 43.3 Å². The Hall–Kier alpha value is -2.42. The summed E-state index contributed by atoms with van der Waals surface area (Å²) >= 11 is 0. The van der Waals surface area contributed by atoms with Crippen molar-refractivity contribution in [3.63, 3.8) is 0 Å². The number of aryl methyl sites for hydroxylation is 1. The van der Waals surface area contributed by atoms with Crippen LogP contribution in [0.1, 0.15) is 52.3 Å². The van der Waals surface area contributed by atoms with E-state index in [0.29, 0.717) is 5.56 Å². The predicted octanol–water partition coefficient (Wildman–Crippen LogP) is 3.78. The van der Waals surface area contributed by atoms with Gasteiger partial charge in [-0.05, 0) is 60.7 Å². The molecule has 1 aromatic carbocycles. The van der Waals surface area contributed by atoms with E-state index in [0.717, 1.165) is 35.4 Å². The number of primary amides is 1. The van der Waals surface area contributed by atoms with Crippen LogP contribution in [0.3, 0.4) is 0 Å². The molecule has 0 fully saturated rings. The molecule has 0 atom stereocenters. The van der Waals surface area contributed by atoms with Gasteiger partial charge in [-0.25, -0.2) is 0 Å². The van der Waals surface area contributed by atoms with Crippen LogP contribution in [0.4, 0.5) is 0 Å². The Kier molecular flexibility index (Phi) is 5.10. The second-order valence-corrected chi connectivity index (χ2v) is 5.27. The van der Waals surface area contributed by atoms with Crippen LogP contribution in [0.15, 0.2) is 30.3 Å². The van der Waals surface area contributed by atoms with Gasteiger partial charge in [-0.15, -0.1) is 0 Å². The predicted molar refractivity (Wildman–Crippen MR) is 91.6 cm³/mol. The third kappa shape index (κ3) is 3.42. The molecule has 3 heteroatoms. The van der Waals surface area contributed by atoms with Gasteiger partial charge >= 0.3 is 0 Å². The summed E-state index contributed by atoms with van der Waals surface area (Å²) in [6.07, 6.45) is 5.73. The summed E-state index contributed by atoms with van der Waals surface area (Å²) in [4.78, 5) is 16.0. The number of nitrogens with zero attached hydrogens (tertiary/aromatic N) is 1. The Morgan fingerprint density at radius 1 is 1.09 bits per heavy atom. The maximum absolute atomic E-state index is 11.6. The summed E-state index contributed by atoms with van der Waals surface area (Å²) in [7, 11) is 0. The van der Waals surface area contributed by atoms with Crippen molar-refractivity contribution in [2.75, 3.05) is 0 Å². The van der Waals surface area contributed by atoms with Crippen LogP contribution in [0.25, 0.3) is 12.2 Å². The van der Waals surface area contributed by atoms with E-state index in [1.54, 1.807) is 0 Å². The summed E-state index contributed by atoms with van der Waals surface area (Å²) in [6.45, 7) is 6.13. The molecule has 0 bridgehead atoms. The molecule has 0 aliphatic rings. The maximum Gasteiger partial charge on any atom is 0.248 e. The highest BCUT2D eigenvalue weighted by Crippen LogP contribution is 2.23. The van der Waals surface area contributed by atoms with E-state index in [-0.39, 0.29) is 5.91 Å². The van der Waals surface area contributed by atoms with Gasteiger partial charge < -0.3 is 5.73 Å². The largest absolute Gasteiger partial charge is 0.366 e. The molecule has 0 unspecified atom stereocenters. The van der Waals surface area contributed by atoms with Crippen LogP contribution in [0.2, 0.25) is 0 Å². The molecular weight excluding hydrogens is 272 g/mol. The number of pyridine rings is 1. The molecule has 1 heterocycles. The van der Waals surface area contributed by atoms with Crippen molar-refractivity contribution in [3.05, 3.63) is 64.0 Å². The standard InChI is InChI=1S/C19H22N2O/c1-4-16-14(9-11-15-8-6-7-13(3)21-15)10-12-18(19(20)22)17(16)5-2/h6-12H,4-5H2,1-3H3,(H2,20,22). The summed E-state index contributed by atoms with van der Waals surface area (Å²) in [5.74, 6) is -0.359. The van der Waals surface area contributed by atoms with Crippen LogP contribution in [-0.4, -0.2) is 10.9 Å². The average molecular weight is 294 g/mol. The molecule has 2 aromatic rings. The zero-order valence-corrected chi connectivity index (χ0v) is 13.4. The first kappa shape index (κ1) is 16.0. The van der Waals surface area contributed by atoms with Gasteiger partial charge in [-0.2, -0.15) is 0 Å². The maximum atomic E-state index is 11.6. The average Bonchev–Trinajstić information content (AvgIpc) is 2.51. The van der Waals surface area contributed by atoms with Crippen LogP contribution >= 0.6 is 0 Å². The summed E-state index contributed by atoms with van der Waals surface area (Å²) in [5, 5.41) is 0. The summed E-state index contributed by atoms with van der Waals surface area (Å²) in [6, 6.07) is 9.74. The minimum absolute atomic E-state index is 0.359. The Balaban J connectivity index is 2.45. The molecule has 0 radical (unpaired) electrons. The van der Waals surface area contributed by atoms with E-state index in [1.165, 1.54) is 5.56 Å². The van der Waals surface area contributed by atoms with Crippen molar-refractivity contribution >= 4 is 18.1 Å². The molecule has 0 saturated carbocycles. The van der Waals surface area contributed by atoms with Gasteiger partial charge in [-0.1, -0.05) is 32.1 Å². The Labute approximate surface area is 131 Å². The van der Waals surface area contributed by atoms with Crippen molar-refractivity contribution in [1.29, 1.82) is 0 Å². The lowest BCUT2D eigenvalue weighted by Crippen LogP contribution is -2.15. The lowest BCUT2D eigenvalue weighted by molar-refractivity contribution is 0.0999. The smallest absolute Gasteiger partial charge is 0.248 e. The lowest BCUT2D eigenvalue weighted by atomic mass is 9.92. The number of carbonyl (C=O) groups excluding carboxylic acids is 1. The van der Waals surface area contributed by atoms with E-state index in [4.69, 9.17) is 5.73 Å². The van der Waals surface area contributed by atoms with Crippen LogP contribution < -0.4 is 5.73 Å². The number of amides is 1. The van der Waals surface area contributed by atoms with E-state index in [9.17, 15) is 4.79 Å². The molecule has 0 aliphatic heterocycles. The van der Waals surface area contributed by atoms with Crippen LogP contribution in [0, 0.1) is 6.92 Å². The number of rotatable bonds is 5. The minimum atomic E-state index is -0.359. The van der Waals surface area contributed by atoms with Gasteiger partial charge in [0.15, 0.2) is 0 Å². The quantitative estimate of drug-likeness (QED) is 0.912. The number of carbonyl (C=O) groups is 1. The SMILES string of the molecule is CCc1c(C=Cc2cccc(C)n2)ccc(C(N)=O)c1CC. The number of aromatic nitrogens is 1. The number of hydrogen-bond donors (Lipinski definition) is 1. The second-order valence-electron chi connectivity index (χ2n) is 5.27. The lowest BCUT2D eigenvalue weighted by Gasteiger charge is -2.13. The monoisotopic (exact) mass is 294 g/mol. The van der Waals surface area contributed by atoms with Crippen molar-refractivity contribution in [2.24, 2.45) is 5.73 Å². The minimum Gasteiger partial charge on any atom is -0.366 e. The van der Waals surface area contributed by atoms with Crippen molar-refractivity contribution in [1.82, 2.24) is 4.98 Å². The molecule has 22 heavy (non-hydrogen) atoms. The van der Waals surface area contributed by atoms with Gasteiger partial charge in [-0.3, -0.25) is 9.78 Å². The fraction of sp³-hybridized carbons (Fsp3) is 0.263.